The molecular formula is C21H27Cl2N3O2. The fraction of sp³-hybridized carbons (Fsp3) is 0.333. The van der Waals surface area contributed by atoms with Crippen LogP contribution in [0.1, 0.15) is 54.7 Å². The SMILES string of the molecule is CCC(C)(C)NC(=O)c1ccc(NC(=O)C(N)c2ccc(C)cc2)cc1Cl.Cl. The molecule has 0 aromatic heterocycles. The molecule has 2 rings (SSSR count). The smallest absolute Gasteiger partial charge is 0.253 e. The zero-order valence-corrected chi connectivity index (χ0v) is 18.1. The number of hydrogen-bond donors (Lipinski definition) is 3. The van der Waals surface area contributed by atoms with E-state index in [4.69, 9.17) is 17.3 Å². The Hall–Kier alpha value is -2.08. The molecule has 152 valence electrons. The quantitative estimate of drug-likeness (QED) is 0.632. The minimum absolute atomic E-state index is 0. The molecule has 4 N–H and O–H groups in total. The molecular weight excluding hydrogens is 397 g/mol. The number of aryl methyl sites for hydroxylation is 1. The van der Waals surface area contributed by atoms with Gasteiger partial charge in [-0.2, -0.15) is 0 Å². The van der Waals surface area contributed by atoms with E-state index in [0.29, 0.717) is 11.3 Å². The van der Waals surface area contributed by atoms with Crippen LogP contribution in [0, 0.1) is 6.92 Å². The van der Waals surface area contributed by atoms with Gasteiger partial charge in [0.1, 0.15) is 6.04 Å². The van der Waals surface area contributed by atoms with Gasteiger partial charge in [-0.3, -0.25) is 9.59 Å². The van der Waals surface area contributed by atoms with Gasteiger partial charge in [-0.25, -0.2) is 0 Å². The van der Waals surface area contributed by atoms with E-state index in [1.807, 2.05) is 52.0 Å². The summed E-state index contributed by atoms with van der Waals surface area (Å²) in [7, 11) is 0. The molecule has 0 aliphatic carbocycles. The summed E-state index contributed by atoms with van der Waals surface area (Å²) >= 11 is 6.25. The number of nitrogens with two attached hydrogens (primary N) is 1. The molecule has 0 radical (unpaired) electrons. The number of carbonyl (C=O) groups is 2. The Balaban J connectivity index is 0.00000392. The van der Waals surface area contributed by atoms with Gasteiger partial charge < -0.3 is 16.4 Å². The molecule has 0 aliphatic heterocycles. The number of nitrogens with one attached hydrogen (secondary N) is 2. The van der Waals surface area contributed by atoms with Gasteiger partial charge >= 0.3 is 0 Å². The maximum absolute atomic E-state index is 12.4. The standard InChI is InChI=1S/C21H26ClN3O2.ClH/c1-5-21(3,4)25-19(26)16-11-10-15(12-17(16)22)24-20(27)18(23)14-8-6-13(2)7-9-14;/h6-12,18H,5,23H2,1-4H3,(H,24,27)(H,25,26);1H. The average Bonchev–Trinajstić information content (AvgIpc) is 2.61. The lowest BCUT2D eigenvalue weighted by Gasteiger charge is -2.24. The lowest BCUT2D eigenvalue weighted by Crippen LogP contribution is -2.42. The third-order valence-electron chi connectivity index (χ3n) is 4.54. The summed E-state index contributed by atoms with van der Waals surface area (Å²) in [5, 5.41) is 5.94. The first-order valence-electron chi connectivity index (χ1n) is 8.88. The van der Waals surface area contributed by atoms with Crippen LogP contribution in [0.15, 0.2) is 42.5 Å². The summed E-state index contributed by atoms with van der Waals surface area (Å²) in [5.74, 6) is -0.597. The van der Waals surface area contributed by atoms with E-state index in [1.54, 1.807) is 18.2 Å². The molecule has 1 atom stereocenters. The maximum atomic E-state index is 12.4. The van der Waals surface area contributed by atoms with Gasteiger partial charge in [-0.05, 0) is 51.0 Å². The van der Waals surface area contributed by atoms with Gasteiger partial charge in [-0.15, -0.1) is 12.4 Å². The van der Waals surface area contributed by atoms with Crippen LogP contribution in [0.2, 0.25) is 5.02 Å². The maximum Gasteiger partial charge on any atom is 0.253 e. The molecule has 0 saturated heterocycles. The van der Waals surface area contributed by atoms with Crippen molar-refractivity contribution >= 4 is 41.5 Å². The van der Waals surface area contributed by atoms with Gasteiger partial charge in [0.05, 0.1) is 10.6 Å². The second-order valence-electron chi connectivity index (χ2n) is 7.26. The lowest BCUT2D eigenvalue weighted by atomic mass is 10.0. The van der Waals surface area contributed by atoms with Crippen LogP contribution >= 0.6 is 24.0 Å². The van der Waals surface area contributed by atoms with Crippen LogP contribution in [0.25, 0.3) is 0 Å². The van der Waals surface area contributed by atoms with Crippen molar-refractivity contribution in [3.05, 3.63) is 64.2 Å². The Kier molecular flexibility index (Phi) is 8.48. The highest BCUT2D eigenvalue weighted by Gasteiger charge is 2.21. The number of benzene rings is 2. The Morgan fingerprint density at radius 1 is 1.14 bits per heavy atom. The summed E-state index contributed by atoms with van der Waals surface area (Å²) in [5.41, 5.74) is 8.37. The fourth-order valence-electron chi connectivity index (χ4n) is 2.39. The highest BCUT2D eigenvalue weighted by atomic mass is 35.5. The van der Waals surface area contributed by atoms with Crippen LogP contribution < -0.4 is 16.4 Å². The van der Waals surface area contributed by atoms with Gasteiger partial charge in [0.2, 0.25) is 5.91 Å². The topological polar surface area (TPSA) is 84.2 Å². The van der Waals surface area contributed by atoms with Crippen molar-refractivity contribution in [2.24, 2.45) is 5.73 Å². The van der Waals surface area contributed by atoms with Gasteiger partial charge in [-0.1, -0.05) is 48.4 Å². The molecule has 0 heterocycles. The zero-order valence-electron chi connectivity index (χ0n) is 16.5. The van der Waals surface area contributed by atoms with Gasteiger partial charge in [0.15, 0.2) is 0 Å². The molecule has 0 spiro atoms. The largest absolute Gasteiger partial charge is 0.347 e. The Morgan fingerprint density at radius 2 is 1.75 bits per heavy atom. The van der Waals surface area contributed by atoms with Gasteiger partial charge in [0.25, 0.3) is 5.91 Å². The molecule has 7 heteroatoms. The lowest BCUT2D eigenvalue weighted by molar-refractivity contribution is -0.117. The second-order valence-corrected chi connectivity index (χ2v) is 7.67. The van der Waals surface area contributed by atoms with E-state index in [1.165, 1.54) is 0 Å². The molecule has 5 nitrogen and oxygen atoms in total. The third-order valence-corrected chi connectivity index (χ3v) is 4.85. The minimum atomic E-state index is -0.794. The van der Waals surface area contributed by atoms with E-state index >= 15 is 0 Å². The first-order chi connectivity index (χ1) is 12.6. The number of carbonyl (C=O) groups excluding carboxylic acids is 2. The van der Waals surface area contributed by atoms with Crippen LogP contribution in [0.4, 0.5) is 5.69 Å². The molecule has 0 bridgehead atoms. The van der Waals surface area contributed by atoms with Crippen molar-refractivity contribution in [2.75, 3.05) is 5.32 Å². The molecule has 2 amide bonds. The number of rotatable bonds is 6. The molecule has 2 aromatic carbocycles. The van der Waals surface area contributed by atoms with E-state index < -0.39 is 6.04 Å². The molecule has 28 heavy (non-hydrogen) atoms. The van der Waals surface area contributed by atoms with Crippen LogP contribution in [0.3, 0.4) is 0 Å². The predicted molar refractivity (Wildman–Crippen MR) is 117 cm³/mol. The fourth-order valence-corrected chi connectivity index (χ4v) is 2.65. The first-order valence-corrected chi connectivity index (χ1v) is 9.26. The average molecular weight is 424 g/mol. The minimum Gasteiger partial charge on any atom is -0.347 e. The van der Waals surface area contributed by atoms with Crippen molar-refractivity contribution in [1.82, 2.24) is 5.32 Å². The molecule has 1 unspecified atom stereocenters. The molecule has 0 saturated carbocycles. The Labute approximate surface area is 177 Å². The number of halogens is 2. The summed E-state index contributed by atoms with van der Waals surface area (Å²) in [6, 6.07) is 11.5. The highest BCUT2D eigenvalue weighted by molar-refractivity contribution is 6.34. The van der Waals surface area contributed by atoms with Gasteiger partial charge in [0, 0.05) is 11.2 Å². The second kappa shape index (κ2) is 9.92. The van der Waals surface area contributed by atoms with E-state index in [-0.39, 0.29) is 34.8 Å². The van der Waals surface area contributed by atoms with Crippen molar-refractivity contribution in [3.63, 3.8) is 0 Å². The Bertz CT molecular complexity index is 836. The first kappa shape index (κ1) is 24.0. The highest BCUT2D eigenvalue weighted by Crippen LogP contribution is 2.23. The zero-order chi connectivity index (χ0) is 20.2. The molecule has 2 aromatic rings. The molecule has 0 fully saturated rings. The normalized spacial score (nSPS) is 11.9. The van der Waals surface area contributed by atoms with Crippen LogP contribution in [-0.2, 0) is 4.79 Å². The summed E-state index contributed by atoms with van der Waals surface area (Å²) in [6.45, 7) is 7.86. The Morgan fingerprint density at radius 3 is 2.29 bits per heavy atom. The van der Waals surface area contributed by atoms with Crippen molar-refractivity contribution in [3.8, 4) is 0 Å². The number of hydrogen-bond acceptors (Lipinski definition) is 3. The number of anilines is 1. The molecule has 0 aliphatic rings. The van der Waals surface area contributed by atoms with E-state index in [9.17, 15) is 9.59 Å². The predicted octanol–water partition coefficient (Wildman–Crippen LogP) is 4.63. The summed E-state index contributed by atoms with van der Waals surface area (Å²) in [6.07, 6.45) is 0.793. The van der Waals surface area contributed by atoms with Crippen molar-refractivity contribution < 1.29 is 9.59 Å². The van der Waals surface area contributed by atoms with E-state index in [2.05, 4.69) is 10.6 Å². The van der Waals surface area contributed by atoms with Crippen LogP contribution in [-0.4, -0.2) is 17.4 Å². The summed E-state index contributed by atoms with van der Waals surface area (Å²) in [4.78, 5) is 24.8. The van der Waals surface area contributed by atoms with Crippen molar-refractivity contribution in [1.29, 1.82) is 0 Å². The van der Waals surface area contributed by atoms with Crippen molar-refractivity contribution in [2.45, 2.75) is 45.7 Å². The third kappa shape index (κ3) is 6.23. The van der Waals surface area contributed by atoms with Crippen LogP contribution in [0.5, 0.6) is 0 Å². The monoisotopic (exact) mass is 423 g/mol. The van der Waals surface area contributed by atoms with E-state index in [0.717, 1.165) is 17.5 Å². The summed E-state index contributed by atoms with van der Waals surface area (Å²) < 4.78 is 0. The number of amides is 2.